The molecule has 1 aromatic rings. The minimum absolute atomic E-state index is 0.225. The fourth-order valence-electron chi connectivity index (χ4n) is 2.01. The zero-order valence-electron chi connectivity index (χ0n) is 12.3. The van der Waals surface area contributed by atoms with Crippen molar-refractivity contribution >= 4 is 5.71 Å². The number of hydrogen-bond donors (Lipinski definition) is 2. The van der Waals surface area contributed by atoms with Gasteiger partial charge in [0.1, 0.15) is 11.5 Å². The van der Waals surface area contributed by atoms with Crippen molar-refractivity contribution < 1.29 is 9.84 Å². The highest BCUT2D eigenvalue weighted by atomic mass is 16.5. The summed E-state index contributed by atoms with van der Waals surface area (Å²) in [6, 6.07) is 3.68. The Morgan fingerprint density at radius 3 is 2.53 bits per heavy atom. The molecule has 1 rings (SSSR count). The van der Waals surface area contributed by atoms with E-state index < -0.39 is 0 Å². The molecule has 0 amide bonds. The summed E-state index contributed by atoms with van der Waals surface area (Å²) in [7, 11) is 0. The molecule has 0 aliphatic rings. The van der Waals surface area contributed by atoms with Crippen LogP contribution in [0.2, 0.25) is 0 Å². The monoisotopic (exact) mass is 263 g/mol. The van der Waals surface area contributed by atoms with Crippen LogP contribution in [0.5, 0.6) is 11.5 Å². The summed E-state index contributed by atoms with van der Waals surface area (Å²) in [5, 5.41) is 18.2. The van der Waals surface area contributed by atoms with Gasteiger partial charge in [0.2, 0.25) is 0 Å². The van der Waals surface area contributed by atoms with E-state index in [-0.39, 0.29) is 5.75 Å². The molecule has 0 fully saturated rings. The van der Waals surface area contributed by atoms with Gasteiger partial charge in [0, 0.05) is 16.8 Å². The molecule has 1 aromatic carbocycles. The number of hydrogen-bond acceptors (Lipinski definition) is 3. The van der Waals surface area contributed by atoms with Crippen LogP contribution in [0.3, 0.4) is 0 Å². The molecule has 0 aliphatic heterocycles. The molecule has 19 heavy (non-hydrogen) atoms. The van der Waals surface area contributed by atoms with Crippen LogP contribution in [0.4, 0.5) is 0 Å². The van der Waals surface area contributed by atoms with Crippen LogP contribution < -0.4 is 4.74 Å². The van der Waals surface area contributed by atoms with Crippen molar-refractivity contribution in [2.45, 2.75) is 52.9 Å². The minimum Gasteiger partial charge on any atom is -0.507 e. The van der Waals surface area contributed by atoms with E-state index >= 15 is 0 Å². The van der Waals surface area contributed by atoms with Crippen LogP contribution in [-0.4, -0.2) is 17.4 Å². The molecule has 0 atom stereocenters. The maximum absolute atomic E-state index is 10.3. The second-order valence-electron chi connectivity index (χ2n) is 4.72. The normalized spacial score (nSPS) is 10.5. The lowest BCUT2D eigenvalue weighted by Crippen LogP contribution is -2.04. The largest absolute Gasteiger partial charge is 0.507 e. The molecule has 3 heteroatoms. The SMILES string of the molecule is CCCCOc1ccc(C(=N)CC)c(O)c1CCC. The average molecular weight is 263 g/mol. The third-order valence-electron chi connectivity index (χ3n) is 3.17. The van der Waals surface area contributed by atoms with Crippen LogP contribution in [0.25, 0.3) is 0 Å². The fourth-order valence-corrected chi connectivity index (χ4v) is 2.01. The first-order valence-electron chi connectivity index (χ1n) is 7.21. The van der Waals surface area contributed by atoms with E-state index in [4.69, 9.17) is 10.1 Å². The highest BCUT2D eigenvalue weighted by Crippen LogP contribution is 2.33. The van der Waals surface area contributed by atoms with Gasteiger partial charge < -0.3 is 15.3 Å². The first kappa shape index (κ1) is 15.5. The van der Waals surface area contributed by atoms with Crippen LogP contribution in [0.1, 0.15) is 57.6 Å². The minimum atomic E-state index is 0.225. The van der Waals surface area contributed by atoms with E-state index in [1.165, 1.54) is 0 Å². The molecule has 0 bridgehead atoms. The van der Waals surface area contributed by atoms with E-state index in [1.54, 1.807) is 6.07 Å². The van der Waals surface area contributed by atoms with Gasteiger partial charge in [-0.1, -0.05) is 33.6 Å². The van der Waals surface area contributed by atoms with Gasteiger partial charge in [0.25, 0.3) is 0 Å². The Morgan fingerprint density at radius 2 is 1.95 bits per heavy atom. The van der Waals surface area contributed by atoms with Gasteiger partial charge in [-0.05, 0) is 31.4 Å². The molecule has 0 saturated heterocycles. The summed E-state index contributed by atoms with van der Waals surface area (Å²) in [5.74, 6) is 0.989. The molecule has 3 nitrogen and oxygen atoms in total. The Labute approximate surface area is 116 Å². The van der Waals surface area contributed by atoms with Crippen LogP contribution in [0, 0.1) is 5.41 Å². The second kappa shape index (κ2) is 7.82. The summed E-state index contributed by atoms with van der Waals surface area (Å²) in [6.07, 6.45) is 4.44. The van der Waals surface area contributed by atoms with Crippen molar-refractivity contribution in [3.63, 3.8) is 0 Å². The van der Waals surface area contributed by atoms with Gasteiger partial charge in [-0.25, -0.2) is 0 Å². The Hall–Kier alpha value is -1.51. The lowest BCUT2D eigenvalue weighted by molar-refractivity contribution is 0.303. The summed E-state index contributed by atoms with van der Waals surface area (Å²) >= 11 is 0. The summed E-state index contributed by atoms with van der Waals surface area (Å²) < 4.78 is 5.75. The fraction of sp³-hybridized carbons (Fsp3) is 0.562. The zero-order valence-corrected chi connectivity index (χ0v) is 12.3. The topological polar surface area (TPSA) is 53.3 Å². The predicted octanol–water partition coefficient (Wildman–Crippen LogP) is 4.30. The van der Waals surface area contributed by atoms with Crippen LogP contribution in [0.15, 0.2) is 12.1 Å². The number of benzene rings is 1. The molecule has 0 heterocycles. The first-order chi connectivity index (χ1) is 9.15. The molecular formula is C16H25NO2. The molecule has 106 valence electrons. The zero-order chi connectivity index (χ0) is 14.3. The summed E-state index contributed by atoms with van der Waals surface area (Å²) in [5.41, 5.74) is 1.94. The standard InChI is InChI=1S/C16H25NO2/c1-4-7-11-19-15-10-9-12(14(17)6-3)16(18)13(15)8-5-2/h9-10,17-18H,4-8,11H2,1-3H3. The third kappa shape index (κ3) is 3.98. The Kier molecular flexibility index (Phi) is 6.40. The quantitative estimate of drug-likeness (QED) is 0.542. The Morgan fingerprint density at radius 1 is 1.21 bits per heavy atom. The number of nitrogens with one attached hydrogen (secondary N) is 1. The van der Waals surface area contributed by atoms with Crippen molar-refractivity contribution in [2.24, 2.45) is 0 Å². The van der Waals surface area contributed by atoms with Crippen molar-refractivity contribution in [1.82, 2.24) is 0 Å². The van der Waals surface area contributed by atoms with Gasteiger partial charge >= 0.3 is 0 Å². The predicted molar refractivity (Wildman–Crippen MR) is 79.6 cm³/mol. The second-order valence-corrected chi connectivity index (χ2v) is 4.72. The van der Waals surface area contributed by atoms with Crippen LogP contribution in [-0.2, 0) is 6.42 Å². The lowest BCUT2D eigenvalue weighted by atomic mass is 9.99. The maximum Gasteiger partial charge on any atom is 0.131 e. The number of phenols is 1. The van der Waals surface area contributed by atoms with Gasteiger partial charge in [0.05, 0.1) is 6.61 Å². The number of phenolic OH excluding ortho intramolecular Hbond substituents is 1. The number of rotatable bonds is 8. The van der Waals surface area contributed by atoms with E-state index in [2.05, 4.69) is 13.8 Å². The molecule has 0 aliphatic carbocycles. The molecule has 0 saturated carbocycles. The molecule has 0 radical (unpaired) electrons. The summed E-state index contributed by atoms with van der Waals surface area (Å²) in [6.45, 7) is 6.80. The molecule has 2 N–H and O–H groups in total. The first-order valence-corrected chi connectivity index (χ1v) is 7.21. The number of aromatic hydroxyl groups is 1. The molecule has 0 aromatic heterocycles. The highest BCUT2D eigenvalue weighted by Gasteiger charge is 2.15. The van der Waals surface area contributed by atoms with Gasteiger partial charge in [0.15, 0.2) is 0 Å². The van der Waals surface area contributed by atoms with Crippen molar-refractivity contribution in [1.29, 1.82) is 5.41 Å². The third-order valence-corrected chi connectivity index (χ3v) is 3.17. The van der Waals surface area contributed by atoms with Crippen molar-refractivity contribution in [3.8, 4) is 11.5 Å². The van der Waals surface area contributed by atoms with Gasteiger partial charge in [-0.2, -0.15) is 0 Å². The Balaban J connectivity index is 3.04. The average Bonchev–Trinajstić information content (AvgIpc) is 2.42. The molecule has 0 spiro atoms. The van der Waals surface area contributed by atoms with Gasteiger partial charge in [-0.15, -0.1) is 0 Å². The van der Waals surface area contributed by atoms with Crippen molar-refractivity contribution in [2.75, 3.05) is 6.61 Å². The summed E-state index contributed by atoms with van der Waals surface area (Å²) in [4.78, 5) is 0. The number of ether oxygens (including phenoxy) is 1. The smallest absolute Gasteiger partial charge is 0.131 e. The van der Waals surface area contributed by atoms with E-state index in [9.17, 15) is 5.11 Å². The molecule has 0 unspecified atom stereocenters. The van der Waals surface area contributed by atoms with E-state index in [0.29, 0.717) is 24.3 Å². The van der Waals surface area contributed by atoms with E-state index in [1.807, 2.05) is 13.0 Å². The molecular weight excluding hydrogens is 238 g/mol. The van der Waals surface area contributed by atoms with Gasteiger partial charge in [-0.3, -0.25) is 0 Å². The highest BCUT2D eigenvalue weighted by molar-refractivity contribution is 6.01. The lowest BCUT2D eigenvalue weighted by Gasteiger charge is -2.15. The van der Waals surface area contributed by atoms with Crippen molar-refractivity contribution in [3.05, 3.63) is 23.3 Å². The van der Waals surface area contributed by atoms with Crippen LogP contribution >= 0.6 is 0 Å². The number of unbranched alkanes of at least 4 members (excludes halogenated alkanes) is 1. The Bertz CT molecular complexity index is 427. The maximum atomic E-state index is 10.3. The van der Waals surface area contributed by atoms with E-state index in [0.717, 1.165) is 37.0 Å².